The number of carbonyl (C=O) groups is 2. The maximum Gasteiger partial charge on any atom is 0.264 e. The molecule has 4 rings (SSSR count). The highest BCUT2D eigenvalue weighted by Gasteiger charge is 2.23. The van der Waals surface area contributed by atoms with E-state index in [9.17, 15) is 18.0 Å². The molecule has 0 aliphatic rings. The van der Waals surface area contributed by atoms with Crippen molar-refractivity contribution in [3.8, 4) is 16.9 Å². The molecule has 1 atom stereocenters. The molecule has 0 saturated heterocycles. The summed E-state index contributed by atoms with van der Waals surface area (Å²) < 4.78 is 36.9. The van der Waals surface area contributed by atoms with E-state index in [-0.39, 0.29) is 29.9 Å². The lowest BCUT2D eigenvalue weighted by Crippen LogP contribution is -2.23. The summed E-state index contributed by atoms with van der Waals surface area (Å²) in [6.45, 7) is 10.9. The SMILES string of the molecule is Cc1cc(Cl)ccc1-c1ccc(NC(=O)C(Cc2ccc(C(=O)CCCS(=O)(=O)O)cc2)c2ccc(OCC(C)(C)C)cc2)cc1C. The van der Waals surface area contributed by atoms with E-state index in [0.717, 1.165) is 39.1 Å². The van der Waals surface area contributed by atoms with Crippen LogP contribution in [0.5, 0.6) is 5.75 Å². The Bertz CT molecular complexity index is 1830. The Kier molecular flexibility index (Phi) is 11.7. The number of anilines is 1. The van der Waals surface area contributed by atoms with E-state index < -0.39 is 21.8 Å². The van der Waals surface area contributed by atoms with Crippen LogP contribution in [0.15, 0.2) is 84.9 Å². The van der Waals surface area contributed by atoms with E-state index in [4.69, 9.17) is 20.9 Å². The highest BCUT2D eigenvalue weighted by Crippen LogP contribution is 2.32. The van der Waals surface area contributed by atoms with E-state index >= 15 is 0 Å². The van der Waals surface area contributed by atoms with Crippen molar-refractivity contribution in [1.82, 2.24) is 0 Å². The van der Waals surface area contributed by atoms with Crippen molar-refractivity contribution in [2.24, 2.45) is 5.41 Å². The molecule has 0 spiro atoms. The molecule has 0 aliphatic carbocycles. The Labute approximate surface area is 283 Å². The molecular weight excluding hydrogens is 634 g/mol. The first-order valence-electron chi connectivity index (χ1n) is 15.6. The first kappa shape index (κ1) is 35.9. The molecule has 4 aromatic carbocycles. The normalized spacial score (nSPS) is 12.4. The molecule has 1 amide bonds. The van der Waals surface area contributed by atoms with Crippen molar-refractivity contribution in [1.29, 1.82) is 0 Å². The van der Waals surface area contributed by atoms with Crippen LogP contribution in [0.4, 0.5) is 5.69 Å². The maximum atomic E-state index is 13.9. The second-order valence-electron chi connectivity index (χ2n) is 13.2. The van der Waals surface area contributed by atoms with Gasteiger partial charge in [-0.1, -0.05) is 80.9 Å². The van der Waals surface area contributed by atoms with Gasteiger partial charge in [-0.2, -0.15) is 8.42 Å². The Hall–Kier alpha value is -3.98. The molecule has 0 aromatic heterocycles. The van der Waals surface area contributed by atoms with Crippen LogP contribution in [0.25, 0.3) is 11.1 Å². The minimum absolute atomic E-state index is 0.00357. The van der Waals surface area contributed by atoms with Gasteiger partial charge in [-0.15, -0.1) is 0 Å². The maximum absolute atomic E-state index is 13.9. The molecule has 0 saturated carbocycles. The number of benzene rings is 4. The Morgan fingerprint density at radius 1 is 0.872 bits per heavy atom. The van der Waals surface area contributed by atoms with Crippen LogP contribution in [0.2, 0.25) is 5.02 Å². The first-order valence-corrected chi connectivity index (χ1v) is 17.5. The average Bonchev–Trinajstić information content (AvgIpc) is 2.99. The molecule has 248 valence electrons. The molecule has 4 aromatic rings. The average molecular weight is 676 g/mol. The van der Waals surface area contributed by atoms with Crippen LogP contribution >= 0.6 is 11.6 Å². The number of rotatable bonds is 13. The lowest BCUT2D eigenvalue weighted by atomic mass is 9.90. The zero-order chi connectivity index (χ0) is 34.4. The van der Waals surface area contributed by atoms with Gasteiger partial charge >= 0.3 is 0 Å². The fourth-order valence-electron chi connectivity index (χ4n) is 5.28. The predicted molar refractivity (Wildman–Crippen MR) is 189 cm³/mol. The Morgan fingerprint density at radius 2 is 1.49 bits per heavy atom. The van der Waals surface area contributed by atoms with Gasteiger partial charge in [-0.25, -0.2) is 0 Å². The van der Waals surface area contributed by atoms with Crippen LogP contribution in [-0.2, 0) is 21.3 Å². The smallest absolute Gasteiger partial charge is 0.264 e. The largest absolute Gasteiger partial charge is 0.493 e. The van der Waals surface area contributed by atoms with Crippen molar-refractivity contribution in [3.05, 3.63) is 118 Å². The van der Waals surface area contributed by atoms with Crippen molar-refractivity contribution in [2.45, 2.75) is 59.8 Å². The van der Waals surface area contributed by atoms with Gasteiger partial charge in [0, 0.05) is 22.7 Å². The van der Waals surface area contributed by atoms with Crippen LogP contribution in [0.3, 0.4) is 0 Å². The molecule has 0 fully saturated rings. The molecule has 9 heteroatoms. The van der Waals surface area contributed by atoms with E-state index in [0.29, 0.717) is 29.3 Å². The number of halogens is 1. The zero-order valence-electron chi connectivity index (χ0n) is 27.5. The second-order valence-corrected chi connectivity index (χ2v) is 15.2. The van der Waals surface area contributed by atoms with Crippen molar-refractivity contribution in [2.75, 3.05) is 17.7 Å². The van der Waals surface area contributed by atoms with Gasteiger partial charge in [0.15, 0.2) is 5.78 Å². The summed E-state index contributed by atoms with van der Waals surface area (Å²) in [4.78, 5) is 26.5. The number of hydrogen-bond donors (Lipinski definition) is 2. The fraction of sp³-hybridized carbons (Fsp3) is 0.316. The highest BCUT2D eigenvalue weighted by atomic mass is 35.5. The number of ketones is 1. The summed E-state index contributed by atoms with van der Waals surface area (Å²) in [5, 5.41) is 3.80. The number of carbonyl (C=O) groups excluding carboxylic acids is 2. The minimum atomic E-state index is -4.12. The van der Waals surface area contributed by atoms with Crippen LogP contribution < -0.4 is 10.1 Å². The van der Waals surface area contributed by atoms with Gasteiger partial charge in [-0.05, 0) is 102 Å². The molecule has 0 radical (unpaired) electrons. The molecule has 0 heterocycles. The third kappa shape index (κ3) is 10.8. The van der Waals surface area contributed by atoms with Crippen LogP contribution in [0, 0.1) is 19.3 Å². The summed E-state index contributed by atoms with van der Waals surface area (Å²) in [5.74, 6) is -0.664. The lowest BCUT2D eigenvalue weighted by molar-refractivity contribution is -0.117. The van der Waals surface area contributed by atoms with Gasteiger partial charge < -0.3 is 10.1 Å². The van der Waals surface area contributed by atoms with Crippen molar-refractivity contribution >= 4 is 39.1 Å². The van der Waals surface area contributed by atoms with Crippen molar-refractivity contribution < 1.29 is 27.3 Å². The standard InChI is InChI=1S/C38H42ClNO6S/c1-25-21-30(39)14-18-33(25)34-19-15-31(22-26(34)2)40-37(42)35(28-12-16-32(17-13-28)46-24-38(3,4)5)23-27-8-10-29(11-9-27)36(41)7-6-20-47(43,44)45/h8-19,21-22,35H,6-7,20,23-24H2,1-5H3,(H,40,42)(H,43,44,45). The minimum Gasteiger partial charge on any atom is -0.493 e. The van der Waals surface area contributed by atoms with E-state index in [1.807, 2.05) is 86.6 Å². The Balaban J connectivity index is 1.55. The molecule has 47 heavy (non-hydrogen) atoms. The van der Waals surface area contributed by atoms with Crippen LogP contribution in [-0.4, -0.2) is 37.0 Å². The summed E-state index contributed by atoms with van der Waals surface area (Å²) in [6, 6.07) is 26.2. The van der Waals surface area contributed by atoms with E-state index in [1.54, 1.807) is 12.1 Å². The number of nitrogens with one attached hydrogen (secondary N) is 1. The fourth-order valence-corrected chi connectivity index (χ4v) is 6.02. The molecule has 7 nitrogen and oxygen atoms in total. The molecule has 0 bridgehead atoms. The Morgan fingerprint density at radius 3 is 2.06 bits per heavy atom. The summed E-state index contributed by atoms with van der Waals surface area (Å²) >= 11 is 6.17. The molecule has 0 aliphatic heterocycles. The van der Waals surface area contributed by atoms with Gasteiger partial charge in [-0.3, -0.25) is 14.1 Å². The van der Waals surface area contributed by atoms with E-state index in [1.165, 1.54) is 0 Å². The lowest BCUT2D eigenvalue weighted by Gasteiger charge is -2.21. The van der Waals surface area contributed by atoms with Gasteiger partial charge in [0.1, 0.15) is 5.75 Å². The monoisotopic (exact) mass is 675 g/mol. The number of hydrogen-bond acceptors (Lipinski definition) is 5. The first-order chi connectivity index (χ1) is 22.1. The highest BCUT2D eigenvalue weighted by molar-refractivity contribution is 7.85. The molecular formula is C38H42ClNO6S. The molecule has 1 unspecified atom stereocenters. The van der Waals surface area contributed by atoms with E-state index in [2.05, 4.69) is 26.1 Å². The van der Waals surface area contributed by atoms with Gasteiger partial charge in [0.05, 0.1) is 18.3 Å². The van der Waals surface area contributed by atoms with Crippen LogP contribution in [0.1, 0.15) is 72.1 Å². The number of aryl methyl sites for hydroxylation is 2. The van der Waals surface area contributed by atoms with Gasteiger partial charge in [0.2, 0.25) is 5.91 Å². The van der Waals surface area contributed by atoms with Gasteiger partial charge in [0.25, 0.3) is 10.1 Å². The molecule has 2 N–H and O–H groups in total. The topological polar surface area (TPSA) is 110 Å². The third-order valence-corrected chi connectivity index (χ3v) is 8.80. The van der Waals surface area contributed by atoms with Crippen molar-refractivity contribution in [3.63, 3.8) is 0 Å². The quantitative estimate of drug-likeness (QED) is 0.108. The number of amides is 1. The second kappa shape index (κ2) is 15.3. The third-order valence-electron chi connectivity index (χ3n) is 7.77. The summed E-state index contributed by atoms with van der Waals surface area (Å²) in [5.41, 5.74) is 7.04. The summed E-state index contributed by atoms with van der Waals surface area (Å²) in [7, 11) is -4.12. The number of ether oxygens (including phenoxy) is 1. The summed E-state index contributed by atoms with van der Waals surface area (Å²) in [6.07, 6.45) is 0.423. The number of Topliss-reactive ketones (excluding diaryl/α,β-unsaturated/α-hetero) is 1. The predicted octanol–water partition coefficient (Wildman–Crippen LogP) is 8.86. The zero-order valence-corrected chi connectivity index (χ0v) is 29.0.